The molecule has 0 aromatic rings. The highest BCUT2D eigenvalue weighted by Crippen LogP contribution is 2.14. The van der Waals surface area contributed by atoms with Gasteiger partial charge in [-0.3, -0.25) is 19.9 Å². The molecule has 0 radical (unpaired) electrons. The van der Waals surface area contributed by atoms with Gasteiger partial charge in [-0.05, 0) is 97.8 Å². The van der Waals surface area contributed by atoms with Crippen molar-refractivity contribution < 1.29 is 19.1 Å². The average molecular weight is 845 g/mol. The third-order valence-corrected chi connectivity index (χ3v) is 10.8. The van der Waals surface area contributed by atoms with Gasteiger partial charge in [-0.1, -0.05) is 154 Å². The van der Waals surface area contributed by atoms with Gasteiger partial charge in [0.05, 0.1) is 6.04 Å². The van der Waals surface area contributed by atoms with Crippen LogP contribution >= 0.6 is 0 Å². The van der Waals surface area contributed by atoms with Gasteiger partial charge in [-0.15, -0.1) is 0 Å². The summed E-state index contributed by atoms with van der Waals surface area (Å²) in [7, 11) is 0. The number of carbonyl (C=O) groups is 3. The van der Waals surface area contributed by atoms with Gasteiger partial charge in [0, 0.05) is 32.6 Å². The fraction of sp³-hybridized carbons (Fsp3) is 0.840. The van der Waals surface area contributed by atoms with Crippen LogP contribution in [0.2, 0.25) is 0 Å². The Bertz CT molecular complexity index is 1120. The molecule has 0 aromatic carbocycles. The Kier molecular flexibility index (Phi) is 39.5. The Morgan fingerprint density at radius 1 is 0.617 bits per heavy atom. The van der Waals surface area contributed by atoms with E-state index < -0.39 is 17.7 Å². The zero-order valence-corrected chi connectivity index (χ0v) is 39.8. The molecule has 0 aromatic heterocycles. The monoisotopic (exact) mass is 845 g/mol. The van der Waals surface area contributed by atoms with E-state index in [1.54, 1.807) is 20.8 Å². The zero-order chi connectivity index (χ0) is 44.4. The number of unbranched alkanes of at least 4 members (excludes halogenated alkanes) is 24. The number of carbonyl (C=O) groups excluding carboxylic acids is 3. The maximum Gasteiger partial charge on any atom is 0.414 e. The molecule has 6 N–H and O–H groups in total. The van der Waals surface area contributed by atoms with Gasteiger partial charge >= 0.3 is 6.09 Å². The summed E-state index contributed by atoms with van der Waals surface area (Å²) in [5.74, 6) is -0.219. The molecule has 0 saturated heterocycles. The van der Waals surface area contributed by atoms with Gasteiger partial charge in [0.15, 0.2) is 5.96 Å². The van der Waals surface area contributed by atoms with E-state index in [1.165, 1.54) is 154 Å². The van der Waals surface area contributed by atoms with E-state index in [-0.39, 0.29) is 30.7 Å². The SMILES string of the molecule is CCCCCCCC/C=C\CCCCCCCCN(CCCCCCC/C=C\CCCCCCCCC)C(=O)CCNC(=O)C(N)CCCN=C(N)NC(=O)OC(C)(C)C. The third-order valence-electron chi connectivity index (χ3n) is 10.8. The molecule has 0 aliphatic rings. The molecule has 0 spiro atoms. The summed E-state index contributed by atoms with van der Waals surface area (Å²) in [5, 5.41) is 5.25. The quantitative estimate of drug-likeness (QED) is 0.0209. The number of hydrogen-bond donors (Lipinski definition) is 4. The highest BCUT2D eigenvalue weighted by molar-refractivity contribution is 5.93. The second-order valence-electron chi connectivity index (χ2n) is 17.9. The van der Waals surface area contributed by atoms with Crippen molar-refractivity contribution in [2.24, 2.45) is 16.5 Å². The maximum absolute atomic E-state index is 13.4. The second-order valence-corrected chi connectivity index (χ2v) is 17.9. The van der Waals surface area contributed by atoms with Crippen molar-refractivity contribution >= 4 is 23.9 Å². The lowest BCUT2D eigenvalue weighted by Gasteiger charge is -2.23. The van der Waals surface area contributed by atoms with Crippen molar-refractivity contribution in [1.29, 1.82) is 0 Å². The minimum atomic E-state index is -0.715. The van der Waals surface area contributed by atoms with Gasteiger partial charge < -0.3 is 26.4 Å². The lowest BCUT2D eigenvalue weighted by Crippen LogP contribution is -2.42. The molecule has 0 fully saturated rings. The number of aliphatic imine (C=N–C) groups is 1. The molecule has 0 bridgehead atoms. The Morgan fingerprint density at radius 2 is 1.02 bits per heavy atom. The number of amides is 3. The first-order valence-electron chi connectivity index (χ1n) is 24.9. The van der Waals surface area contributed by atoms with Crippen molar-refractivity contribution in [1.82, 2.24) is 15.5 Å². The largest absolute Gasteiger partial charge is 0.444 e. The molecular formula is C50H96N6O4. The van der Waals surface area contributed by atoms with Gasteiger partial charge in [0.25, 0.3) is 0 Å². The molecule has 350 valence electrons. The smallest absolute Gasteiger partial charge is 0.414 e. The Hall–Kier alpha value is -2.88. The van der Waals surface area contributed by atoms with Crippen LogP contribution in [0.4, 0.5) is 4.79 Å². The van der Waals surface area contributed by atoms with Crippen LogP contribution in [0.15, 0.2) is 29.3 Å². The first-order chi connectivity index (χ1) is 29.0. The minimum Gasteiger partial charge on any atom is -0.444 e. The van der Waals surface area contributed by atoms with Gasteiger partial charge in [-0.25, -0.2) is 4.79 Å². The molecule has 1 atom stereocenters. The van der Waals surface area contributed by atoms with E-state index in [1.807, 2.05) is 4.90 Å². The van der Waals surface area contributed by atoms with Crippen LogP contribution in [0.1, 0.15) is 234 Å². The summed E-state index contributed by atoms with van der Waals surface area (Å²) in [6, 6.07) is -0.715. The predicted molar refractivity (Wildman–Crippen MR) is 256 cm³/mol. The van der Waals surface area contributed by atoms with E-state index in [0.29, 0.717) is 19.4 Å². The lowest BCUT2D eigenvalue weighted by atomic mass is 10.1. The van der Waals surface area contributed by atoms with Crippen LogP contribution in [-0.4, -0.2) is 66.6 Å². The molecular weight excluding hydrogens is 749 g/mol. The Balaban J connectivity index is 4.53. The van der Waals surface area contributed by atoms with Crippen molar-refractivity contribution in [3.05, 3.63) is 24.3 Å². The third kappa shape index (κ3) is 40.5. The topological polar surface area (TPSA) is 152 Å². The van der Waals surface area contributed by atoms with Crippen LogP contribution in [0.5, 0.6) is 0 Å². The van der Waals surface area contributed by atoms with Crippen LogP contribution in [-0.2, 0) is 14.3 Å². The second kappa shape index (κ2) is 41.5. The molecule has 1 unspecified atom stereocenters. The maximum atomic E-state index is 13.4. The Morgan fingerprint density at radius 3 is 1.43 bits per heavy atom. The van der Waals surface area contributed by atoms with Crippen LogP contribution in [0.25, 0.3) is 0 Å². The summed E-state index contributed by atoms with van der Waals surface area (Å²) in [6.45, 7) is 12.0. The number of guanidine groups is 1. The number of nitrogens with one attached hydrogen (secondary N) is 2. The molecule has 0 aliphatic heterocycles. The number of allylic oxidation sites excluding steroid dienone is 4. The van der Waals surface area contributed by atoms with E-state index in [4.69, 9.17) is 16.2 Å². The highest BCUT2D eigenvalue weighted by atomic mass is 16.6. The number of ether oxygens (including phenoxy) is 1. The summed E-state index contributed by atoms with van der Waals surface area (Å²) in [5.41, 5.74) is 11.3. The predicted octanol–water partition coefficient (Wildman–Crippen LogP) is 12.3. The van der Waals surface area contributed by atoms with Crippen LogP contribution < -0.4 is 22.1 Å². The molecule has 10 nitrogen and oxygen atoms in total. The molecule has 0 rings (SSSR count). The molecule has 60 heavy (non-hydrogen) atoms. The minimum absolute atomic E-state index is 0.0420. The molecule has 0 aliphatic carbocycles. The van der Waals surface area contributed by atoms with E-state index >= 15 is 0 Å². The fourth-order valence-electron chi connectivity index (χ4n) is 7.13. The van der Waals surface area contributed by atoms with Crippen LogP contribution in [0.3, 0.4) is 0 Å². The fourth-order valence-corrected chi connectivity index (χ4v) is 7.13. The van der Waals surface area contributed by atoms with E-state index in [0.717, 1.165) is 38.8 Å². The van der Waals surface area contributed by atoms with E-state index in [9.17, 15) is 14.4 Å². The van der Waals surface area contributed by atoms with Crippen molar-refractivity contribution in [2.45, 2.75) is 245 Å². The molecule has 10 heteroatoms. The number of nitrogens with zero attached hydrogens (tertiary/aromatic N) is 2. The summed E-state index contributed by atoms with van der Waals surface area (Å²) < 4.78 is 5.17. The number of hydrogen-bond acceptors (Lipinski definition) is 6. The van der Waals surface area contributed by atoms with Crippen LogP contribution in [0, 0.1) is 0 Å². The van der Waals surface area contributed by atoms with Crippen molar-refractivity contribution in [3.63, 3.8) is 0 Å². The Labute approximate surface area is 369 Å². The lowest BCUT2D eigenvalue weighted by molar-refractivity contribution is -0.131. The molecule has 0 saturated carbocycles. The summed E-state index contributed by atoms with van der Waals surface area (Å²) in [6.07, 6.45) is 45.5. The average Bonchev–Trinajstić information content (AvgIpc) is 3.20. The first kappa shape index (κ1) is 57.1. The summed E-state index contributed by atoms with van der Waals surface area (Å²) >= 11 is 0. The highest BCUT2D eigenvalue weighted by Gasteiger charge is 2.18. The van der Waals surface area contributed by atoms with Crippen molar-refractivity contribution in [3.8, 4) is 0 Å². The number of nitrogens with two attached hydrogens (primary N) is 2. The van der Waals surface area contributed by atoms with E-state index in [2.05, 4.69) is 53.8 Å². The normalized spacial score (nSPS) is 12.7. The van der Waals surface area contributed by atoms with Gasteiger partial charge in [0.2, 0.25) is 11.8 Å². The number of rotatable bonds is 40. The zero-order valence-electron chi connectivity index (χ0n) is 39.8. The van der Waals surface area contributed by atoms with Gasteiger partial charge in [-0.2, -0.15) is 0 Å². The molecule has 0 heterocycles. The van der Waals surface area contributed by atoms with Crippen molar-refractivity contribution in [2.75, 3.05) is 26.2 Å². The molecule has 3 amide bonds. The summed E-state index contributed by atoms with van der Waals surface area (Å²) in [4.78, 5) is 44.0. The number of alkyl carbamates (subject to hydrolysis) is 1. The first-order valence-corrected chi connectivity index (χ1v) is 24.9. The van der Waals surface area contributed by atoms with Gasteiger partial charge in [0.1, 0.15) is 5.60 Å². The standard InChI is InChI=1S/C50H96N6O4/c1-6-8-10-12-14-16-18-20-22-24-26-28-30-32-34-36-43-56(44-37-35-33-31-29-27-25-23-21-19-17-15-13-11-9-7-2)46(57)40-42-53-47(58)45(51)39-38-41-54-48(52)55-49(59)60-50(3,4)5/h20,22-23,25,45H,6-19,21,24,26-44,51H2,1-5H3,(H,53,58)(H3,52,54,55,59)/b22-20-,25-23-.